The van der Waals surface area contributed by atoms with E-state index < -0.39 is 117 Å². The Morgan fingerprint density at radius 1 is 0.730 bits per heavy atom. The van der Waals surface area contributed by atoms with Gasteiger partial charge in [-0.05, 0) is 0 Å². The van der Waals surface area contributed by atoms with Gasteiger partial charge < -0.3 is 75.1 Å². The largest absolute Gasteiger partial charge is 0.394 e. The molecule has 216 valence electrons. The molecule has 2 rings (SSSR count). The fourth-order valence-corrected chi connectivity index (χ4v) is 3.66. The molecule has 2 heterocycles. The molecule has 17 nitrogen and oxygen atoms in total. The second-order valence-electron chi connectivity index (χ2n) is 8.79. The van der Waals surface area contributed by atoms with Gasteiger partial charge in [0.25, 0.3) is 0 Å². The number of ketones is 2. The van der Waals surface area contributed by atoms with Gasteiger partial charge in [-0.1, -0.05) is 0 Å². The zero-order valence-electron chi connectivity index (χ0n) is 19.6. The van der Waals surface area contributed by atoms with Crippen LogP contribution in [0.4, 0.5) is 0 Å². The SMILES string of the molecule is CC(=O)C(=O)[C@H](O)[C@@H](O)[C@H](O)[C@H](O)CO[C@H]1O[C@H](CO[C@H]2O[C@H](CO)[C@@H](O)[C@H](O)[C@H]2O)[C@@H](O)[C@H](O)[C@H]1O. The lowest BCUT2D eigenvalue weighted by atomic mass is 9.98. The third-order valence-electron chi connectivity index (χ3n) is 6.06. The summed E-state index contributed by atoms with van der Waals surface area (Å²) in [7, 11) is 0. The molecule has 17 heteroatoms. The van der Waals surface area contributed by atoms with Crippen LogP contribution in [0.25, 0.3) is 0 Å². The summed E-state index contributed by atoms with van der Waals surface area (Å²) in [6.45, 7) is -1.44. The van der Waals surface area contributed by atoms with Crippen LogP contribution in [0.5, 0.6) is 0 Å². The number of ether oxygens (including phenoxy) is 4. The molecule has 0 unspecified atom stereocenters. The highest BCUT2D eigenvalue weighted by molar-refractivity contribution is 6.38. The summed E-state index contributed by atoms with van der Waals surface area (Å²) < 4.78 is 20.8. The summed E-state index contributed by atoms with van der Waals surface area (Å²) in [5.41, 5.74) is 0. The number of hydrogen-bond donors (Lipinski definition) is 11. The predicted octanol–water partition coefficient (Wildman–Crippen LogP) is -7.77. The van der Waals surface area contributed by atoms with Crippen molar-refractivity contribution in [2.24, 2.45) is 0 Å². The third-order valence-corrected chi connectivity index (χ3v) is 6.06. The Kier molecular flexibility index (Phi) is 11.8. The van der Waals surface area contributed by atoms with Crippen LogP contribution in [-0.4, -0.2) is 173 Å². The highest BCUT2D eigenvalue weighted by atomic mass is 16.7. The molecule has 37 heavy (non-hydrogen) atoms. The molecule has 2 aliphatic rings. The molecule has 0 bridgehead atoms. The maximum Gasteiger partial charge on any atom is 0.229 e. The quantitative estimate of drug-likeness (QED) is 0.101. The normalized spacial score (nSPS) is 40.0. The van der Waals surface area contributed by atoms with Gasteiger partial charge in [0, 0.05) is 6.92 Å². The molecule has 0 radical (unpaired) electrons. The van der Waals surface area contributed by atoms with E-state index in [1.165, 1.54) is 0 Å². The molecule has 0 spiro atoms. The van der Waals surface area contributed by atoms with Gasteiger partial charge in [0.2, 0.25) is 5.78 Å². The molecule has 0 amide bonds. The van der Waals surface area contributed by atoms with Crippen LogP contribution >= 0.6 is 0 Å². The van der Waals surface area contributed by atoms with Crippen LogP contribution in [0, 0.1) is 0 Å². The smallest absolute Gasteiger partial charge is 0.229 e. The maximum absolute atomic E-state index is 11.5. The molecular formula is C20H34O17. The van der Waals surface area contributed by atoms with Crippen molar-refractivity contribution >= 4 is 11.6 Å². The van der Waals surface area contributed by atoms with Crippen LogP contribution in [-0.2, 0) is 28.5 Å². The first-order chi connectivity index (χ1) is 17.2. The number of aliphatic hydroxyl groups excluding tert-OH is 11. The lowest BCUT2D eigenvalue weighted by molar-refractivity contribution is -0.333. The Balaban J connectivity index is 1.96. The first-order valence-corrected chi connectivity index (χ1v) is 11.2. The minimum absolute atomic E-state index is 0.642. The van der Waals surface area contributed by atoms with Crippen molar-refractivity contribution < 1.29 is 84.7 Å². The van der Waals surface area contributed by atoms with E-state index in [2.05, 4.69) is 0 Å². The van der Waals surface area contributed by atoms with E-state index in [0.29, 0.717) is 0 Å². The zero-order valence-corrected chi connectivity index (χ0v) is 19.6. The van der Waals surface area contributed by atoms with Gasteiger partial charge in [-0.2, -0.15) is 0 Å². The average Bonchev–Trinajstić information content (AvgIpc) is 2.88. The average molecular weight is 546 g/mol. The fraction of sp³-hybridized carbons (Fsp3) is 0.900. The predicted molar refractivity (Wildman–Crippen MR) is 112 cm³/mol. The Bertz CT molecular complexity index is 750. The number of hydrogen-bond acceptors (Lipinski definition) is 17. The molecular weight excluding hydrogens is 512 g/mol. The van der Waals surface area contributed by atoms with Gasteiger partial charge in [0.05, 0.1) is 19.8 Å². The van der Waals surface area contributed by atoms with E-state index >= 15 is 0 Å². The van der Waals surface area contributed by atoms with Crippen LogP contribution in [0.15, 0.2) is 0 Å². The van der Waals surface area contributed by atoms with E-state index in [-0.39, 0.29) is 0 Å². The van der Waals surface area contributed by atoms with Gasteiger partial charge in [-0.25, -0.2) is 0 Å². The third kappa shape index (κ3) is 7.44. The van der Waals surface area contributed by atoms with Gasteiger partial charge in [-0.15, -0.1) is 0 Å². The summed E-state index contributed by atoms with van der Waals surface area (Å²) in [6, 6.07) is 0. The number of Topliss-reactive ketones (excluding diaryl/α,β-unsaturated/α-hetero) is 2. The molecule has 0 aromatic heterocycles. The van der Waals surface area contributed by atoms with Gasteiger partial charge in [0.15, 0.2) is 18.4 Å². The van der Waals surface area contributed by atoms with Crippen molar-refractivity contribution in [3.8, 4) is 0 Å². The van der Waals surface area contributed by atoms with Crippen LogP contribution in [0.1, 0.15) is 6.92 Å². The Morgan fingerprint density at radius 2 is 1.22 bits per heavy atom. The van der Waals surface area contributed by atoms with Crippen molar-refractivity contribution in [1.29, 1.82) is 0 Å². The molecule has 0 aromatic rings. The van der Waals surface area contributed by atoms with Crippen molar-refractivity contribution in [3.63, 3.8) is 0 Å². The molecule has 2 aliphatic heterocycles. The minimum atomic E-state index is -2.33. The van der Waals surface area contributed by atoms with Crippen LogP contribution < -0.4 is 0 Å². The maximum atomic E-state index is 11.5. The number of rotatable bonds is 12. The van der Waals surface area contributed by atoms with E-state index in [0.717, 1.165) is 6.92 Å². The number of carbonyl (C=O) groups is 2. The van der Waals surface area contributed by atoms with Crippen molar-refractivity contribution in [3.05, 3.63) is 0 Å². The van der Waals surface area contributed by atoms with Crippen LogP contribution in [0.2, 0.25) is 0 Å². The Morgan fingerprint density at radius 3 is 1.73 bits per heavy atom. The molecule has 0 saturated carbocycles. The number of aliphatic hydroxyl groups is 11. The number of carbonyl (C=O) groups excluding carboxylic acids is 2. The van der Waals surface area contributed by atoms with Crippen LogP contribution in [0.3, 0.4) is 0 Å². The molecule has 0 aliphatic carbocycles. The Labute approximate surface area is 209 Å². The fourth-order valence-electron chi connectivity index (χ4n) is 3.66. The lowest BCUT2D eigenvalue weighted by Crippen LogP contribution is -2.62. The van der Waals surface area contributed by atoms with E-state index in [9.17, 15) is 65.8 Å². The molecule has 14 atom stereocenters. The summed E-state index contributed by atoms with van der Waals surface area (Å²) in [5, 5.41) is 109. The van der Waals surface area contributed by atoms with Gasteiger partial charge in [0.1, 0.15) is 73.2 Å². The van der Waals surface area contributed by atoms with Gasteiger partial charge in [-0.3, -0.25) is 9.59 Å². The first-order valence-electron chi connectivity index (χ1n) is 11.2. The van der Waals surface area contributed by atoms with Crippen molar-refractivity contribution in [2.75, 3.05) is 19.8 Å². The highest BCUT2D eigenvalue weighted by Crippen LogP contribution is 2.26. The first kappa shape index (κ1) is 32.0. The van der Waals surface area contributed by atoms with E-state index in [4.69, 9.17) is 18.9 Å². The minimum Gasteiger partial charge on any atom is -0.394 e. The van der Waals surface area contributed by atoms with Crippen molar-refractivity contribution in [2.45, 2.75) is 92.8 Å². The summed E-state index contributed by atoms with van der Waals surface area (Å²) in [5.74, 6) is -2.52. The standard InChI is InChI=1S/C20H34O17/c1-5(22)9(24)13(28)14(29)10(25)6(23)3-34-19-18(33)16(31)12(27)8(37-19)4-35-20-17(32)15(30)11(26)7(2-21)36-20/h6-8,10-21,23,25-33H,2-4H2,1H3/t6-,7-,8-,10-,11-,12-,13+,14+,15+,16+,17-,18-,19+,20+/m1/s1. The molecule has 0 aromatic carbocycles. The summed E-state index contributed by atoms with van der Waals surface area (Å²) in [6.07, 6.45) is -25.6. The highest BCUT2D eigenvalue weighted by Gasteiger charge is 2.48. The second-order valence-corrected chi connectivity index (χ2v) is 8.79. The lowest BCUT2D eigenvalue weighted by Gasteiger charge is -2.42. The van der Waals surface area contributed by atoms with Crippen molar-refractivity contribution in [1.82, 2.24) is 0 Å². The molecule has 2 saturated heterocycles. The van der Waals surface area contributed by atoms with Gasteiger partial charge >= 0.3 is 0 Å². The monoisotopic (exact) mass is 546 g/mol. The topological polar surface area (TPSA) is 294 Å². The van der Waals surface area contributed by atoms with E-state index in [1.807, 2.05) is 0 Å². The summed E-state index contributed by atoms with van der Waals surface area (Å²) >= 11 is 0. The molecule has 2 fully saturated rings. The zero-order chi connectivity index (χ0) is 28.2. The summed E-state index contributed by atoms with van der Waals surface area (Å²) in [4.78, 5) is 22.5. The van der Waals surface area contributed by atoms with E-state index in [1.54, 1.807) is 0 Å². The second kappa shape index (κ2) is 13.7. The molecule has 11 N–H and O–H groups in total. The Hall–Kier alpha value is -1.26.